The molecule has 7 heteroatoms. The molecule has 0 radical (unpaired) electrons. The molecule has 1 aromatic carbocycles. The van der Waals surface area contributed by atoms with Crippen molar-refractivity contribution < 1.29 is 14.3 Å². The number of aromatic amines is 1. The van der Waals surface area contributed by atoms with E-state index in [2.05, 4.69) is 20.3 Å². The molecule has 4 rings (SSSR count). The van der Waals surface area contributed by atoms with Gasteiger partial charge in [-0.2, -0.15) is 0 Å². The third-order valence-corrected chi connectivity index (χ3v) is 4.62. The van der Waals surface area contributed by atoms with Gasteiger partial charge in [-0.1, -0.05) is 12.1 Å². The molecule has 0 saturated heterocycles. The number of hydrogen-bond acceptors (Lipinski definition) is 5. The average molecular weight is 388 g/mol. The lowest BCUT2D eigenvalue weighted by molar-refractivity contribution is -0.115. The Labute approximate surface area is 167 Å². The normalized spacial score (nSPS) is 10.7. The number of pyridine rings is 2. The van der Waals surface area contributed by atoms with Crippen molar-refractivity contribution in [2.45, 2.75) is 6.42 Å². The van der Waals surface area contributed by atoms with E-state index in [1.165, 1.54) is 0 Å². The van der Waals surface area contributed by atoms with E-state index in [0.29, 0.717) is 11.6 Å². The van der Waals surface area contributed by atoms with Crippen molar-refractivity contribution in [3.05, 3.63) is 66.6 Å². The van der Waals surface area contributed by atoms with E-state index in [-0.39, 0.29) is 12.3 Å². The Bertz CT molecular complexity index is 1140. The molecule has 3 aromatic heterocycles. The summed E-state index contributed by atoms with van der Waals surface area (Å²) in [6.45, 7) is 0. The maximum Gasteiger partial charge on any atom is 0.228 e. The van der Waals surface area contributed by atoms with Gasteiger partial charge in [-0.3, -0.25) is 4.79 Å². The first-order valence-electron chi connectivity index (χ1n) is 9.06. The number of nitrogens with one attached hydrogen (secondary N) is 2. The van der Waals surface area contributed by atoms with Gasteiger partial charge in [0.25, 0.3) is 0 Å². The first kappa shape index (κ1) is 18.5. The summed E-state index contributed by atoms with van der Waals surface area (Å²) in [7, 11) is 3.19. The smallest absolute Gasteiger partial charge is 0.228 e. The first-order chi connectivity index (χ1) is 14.2. The lowest BCUT2D eigenvalue weighted by Crippen LogP contribution is -2.14. The van der Waals surface area contributed by atoms with Gasteiger partial charge in [-0.15, -0.1) is 0 Å². The van der Waals surface area contributed by atoms with Gasteiger partial charge in [0, 0.05) is 29.4 Å². The Kier molecular flexibility index (Phi) is 5.11. The molecule has 3 heterocycles. The third-order valence-electron chi connectivity index (χ3n) is 4.62. The number of methoxy groups -OCH3 is 2. The lowest BCUT2D eigenvalue weighted by atomic mass is 10.0. The largest absolute Gasteiger partial charge is 0.497 e. The quantitative estimate of drug-likeness (QED) is 0.524. The summed E-state index contributed by atoms with van der Waals surface area (Å²) in [6, 6.07) is 13.3. The molecule has 0 aliphatic heterocycles. The van der Waals surface area contributed by atoms with Gasteiger partial charge in [0.2, 0.25) is 11.8 Å². The highest BCUT2D eigenvalue weighted by molar-refractivity contribution is 5.95. The zero-order chi connectivity index (χ0) is 20.2. The van der Waals surface area contributed by atoms with Crippen LogP contribution in [0.25, 0.3) is 22.2 Å². The van der Waals surface area contributed by atoms with Crippen molar-refractivity contribution in [3.63, 3.8) is 0 Å². The van der Waals surface area contributed by atoms with Gasteiger partial charge in [-0.05, 0) is 35.4 Å². The molecule has 0 unspecified atom stereocenters. The van der Waals surface area contributed by atoms with Gasteiger partial charge in [0.15, 0.2) is 0 Å². The molecule has 146 valence electrons. The summed E-state index contributed by atoms with van der Waals surface area (Å²) in [5.74, 6) is 1.17. The van der Waals surface area contributed by atoms with E-state index in [0.717, 1.165) is 33.5 Å². The second kappa shape index (κ2) is 8.02. The highest BCUT2D eigenvalue weighted by Gasteiger charge is 2.12. The number of amides is 1. The Balaban J connectivity index is 1.54. The maximum absolute atomic E-state index is 12.5. The van der Waals surface area contributed by atoms with Crippen LogP contribution < -0.4 is 14.8 Å². The van der Waals surface area contributed by atoms with Crippen LogP contribution in [0, 0.1) is 0 Å². The van der Waals surface area contributed by atoms with Crippen molar-refractivity contribution in [1.82, 2.24) is 15.0 Å². The monoisotopic (exact) mass is 388 g/mol. The Morgan fingerprint density at radius 3 is 2.52 bits per heavy atom. The number of benzene rings is 1. The highest BCUT2D eigenvalue weighted by atomic mass is 16.5. The van der Waals surface area contributed by atoms with Crippen molar-refractivity contribution in [2.75, 3.05) is 19.5 Å². The number of nitrogens with zero attached hydrogens (tertiary/aromatic N) is 2. The fourth-order valence-electron chi connectivity index (χ4n) is 3.10. The number of anilines is 1. The SMILES string of the molecule is COc1ccc(-c2cnc3[nH]cc(CC(=O)Nc4ccc(OC)nc4)c3c2)cc1. The summed E-state index contributed by atoms with van der Waals surface area (Å²) in [5, 5.41) is 3.77. The Hall–Kier alpha value is -3.87. The fraction of sp³-hybridized carbons (Fsp3) is 0.136. The highest BCUT2D eigenvalue weighted by Crippen LogP contribution is 2.26. The van der Waals surface area contributed by atoms with E-state index < -0.39 is 0 Å². The Morgan fingerprint density at radius 2 is 1.83 bits per heavy atom. The van der Waals surface area contributed by atoms with Crippen molar-refractivity contribution in [3.8, 4) is 22.8 Å². The molecule has 29 heavy (non-hydrogen) atoms. The average Bonchev–Trinajstić information content (AvgIpc) is 3.16. The molecular weight excluding hydrogens is 368 g/mol. The second-order valence-electron chi connectivity index (χ2n) is 6.48. The second-order valence-corrected chi connectivity index (χ2v) is 6.48. The van der Waals surface area contributed by atoms with Crippen LogP contribution in [0.2, 0.25) is 0 Å². The number of carbonyl (C=O) groups excluding carboxylic acids is 1. The van der Waals surface area contributed by atoms with Crippen LogP contribution in [0.5, 0.6) is 11.6 Å². The fourth-order valence-corrected chi connectivity index (χ4v) is 3.10. The molecule has 1 amide bonds. The molecule has 0 aliphatic carbocycles. The number of rotatable bonds is 6. The number of H-pyrrole nitrogens is 1. The van der Waals surface area contributed by atoms with Crippen LogP contribution in [0.4, 0.5) is 5.69 Å². The summed E-state index contributed by atoms with van der Waals surface area (Å²) < 4.78 is 10.2. The van der Waals surface area contributed by atoms with Gasteiger partial charge in [0.1, 0.15) is 11.4 Å². The van der Waals surface area contributed by atoms with E-state index in [9.17, 15) is 4.79 Å². The van der Waals surface area contributed by atoms with E-state index >= 15 is 0 Å². The zero-order valence-electron chi connectivity index (χ0n) is 16.1. The zero-order valence-corrected chi connectivity index (χ0v) is 16.1. The summed E-state index contributed by atoms with van der Waals surface area (Å²) >= 11 is 0. The Morgan fingerprint density at radius 1 is 1.00 bits per heavy atom. The first-order valence-corrected chi connectivity index (χ1v) is 9.06. The molecule has 0 atom stereocenters. The molecule has 4 aromatic rings. The van der Waals surface area contributed by atoms with Crippen LogP contribution in [-0.4, -0.2) is 35.1 Å². The molecule has 0 aliphatic rings. The summed E-state index contributed by atoms with van der Waals surface area (Å²) in [4.78, 5) is 24.2. The predicted octanol–water partition coefficient (Wildman–Crippen LogP) is 3.82. The molecule has 0 bridgehead atoms. The van der Waals surface area contributed by atoms with Crippen molar-refractivity contribution in [1.29, 1.82) is 0 Å². The number of fused-ring (bicyclic) bond motifs is 1. The minimum absolute atomic E-state index is 0.132. The lowest BCUT2D eigenvalue weighted by Gasteiger charge is -2.06. The minimum Gasteiger partial charge on any atom is -0.497 e. The van der Waals surface area contributed by atoms with Crippen LogP contribution in [0.1, 0.15) is 5.56 Å². The number of carbonyl (C=O) groups is 1. The summed E-state index contributed by atoms with van der Waals surface area (Å²) in [6.07, 6.45) is 5.42. The van der Waals surface area contributed by atoms with Gasteiger partial charge in [-0.25, -0.2) is 9.97 Å². The topological polar surface area (TPSA) is 89.1 Å². The molecule has 0 saturated carbocycles. The van der Waals surface area contributed by atoms with Crippen LogP contribution in [0.15, 0.2) is 61.1 Å². The molecular formula is C22H20N4O3. The third kappa shape index (κ3) is 4.03. The molecule has 0 fully saturated rings. The van der Waals surface area contributed by atoms with E-state index in [4.69, 9.17) is 9.47 Å². The molecule has 2 N–H and O–H groups in total. The predicted molar refractivity (Wildman–Crippen MR) is 111 cm³/mol. The van der Waals surface area contributed by atoms with Gasteiger partial charge < -0.3 is 19.8 Å². The van der Waals surface area contributed by atoms with Crippen LogP contribution in [0.3, 0.4) is 0 Å². The van der Waals surface area contributed by atoms with Gasteiger partial charge >= 0.3 is 0 Å². The van der Waals surface area contributed by atoms with E-state index in [1.54, 1.807) is 32.5 Å². The van der Waals surface area contributed by atoms with Crippen molar-refractivity contribution >= 4 is 22.6 Å². The number of hydrogen-bond donors (Lipinski definition) is 2. The minimum atomic E-state index is -0.132. The van der Waals surface area contributed by atoms with Crippen LogP contribution in [-0.2, 0) is 11.2 Å². The number of ether oxygens (including phenoxy) is 2. The summed E-state index contributed by atoms with van der Waals surface area (Å²) in [5.41, 5.74) is 4.24. The number of aromatic nitrogens is 3. The molecule has 0 spiro atoms. The van der Waals surface area contributed by atoms with Crippen molar-refractivity contribution in [2.24, 2.45) is 0 Å². The van der Waals surface area contributed by atoms with Crippen LogP contribution >= 0.6 is 0 Å². The van der Waals surface area contributed by atoms with Gasteiger partial charge in [0.05, 0.1) is 32.5 Å². The van der Waals surface area contributed by atoms with E-state index in [1.807, 2.05) is 42.7 Å². The molecule has 7 nitrogen and oxygen atoms in total. The maximum atomic E-state index is 12.5. The standard InChI is InChI=1S/C22H20N4O3/c1-28-18-6-3-14(4-7-18)15-9-19-16(12-25-22(19)24-11-15)10-20(27)26-17-5-8-21(29-2)23-13-17/h3-9,11-13H,10H2,1-2H3,(H,24,25)(H,26,27).